The highest BCUT2D eigenvalue weighted by Crippen LogP contribution is 2.37. The lowest BCUT2D eigenvalue weighted by Gasteiger charge is -2.06. The van der Waals surface area contributed by atoms with Crippen LogP contribution in [0.5, 0.6) is 0 Å². The van der Waals surface area contributed by atoms with Crippen molar-refractivity contribution in [2.45, 2.75) is 16.2 Å². The lowest BCUT2D eigenvalue weighted by Crippen LogP contribution is -2.12. The molecule has 1 aliphatic heterocycles. The van der Waals surface area contributed by atoms with E-state index >= 15 is 0 Å². The lowest BCUT2D eigenvalue weighted by molar-refractivity contribution is 0.0981. The van der Waals surface area contributed by atoms with Crippen LogP contribution in [0.1, 0.15) is 26.3 Å². The number of hydrogen-bond acceptors (Lipinski definition) is 3. The van der Waals surface area contributed by atoms with Gasteiger partial charge in [-0.25, -0.2) is 0 Å². The van der Waals surface area contributed by atoms with Crippen molar-refractivity contribution in [3.63, 3.8) is 0 Å². The second-order valence-corrected chi connectivity index (χ2v) is 5.47. The third-order valence-electron chi connectivity index (χ3n) is 3.11. The van der Waals surface area contributed by atoms with E-state index in [4.69, 9.17) is 5.73 Å². The van der Waals surface area contributed by atoms with Gasteiger partial charge in [-0.1, -0.05) is 30.0 Å². The van der Waals surface area contributed by atoms with Gasteiger partial charge in [0.15, 0.2) is 5.78 Å². The Labute approximate surface area is 114 Å². The van der Waals surface area contributed by atoms with E-state index in [-0.39, 0.29) is 5.78 Å². The van der Waals surface area contributed by atoms with E-state index in [1.54, 1.807) is 18.2 Å². The minimum absolute atomic E-state index is 0.0727. The fourth-order valence-corrected chi connectivity index (χ4v) is 3.26. The Balaban J connectivity index is 2.15. The van der Waals surface area contributed by atoms with Gasteiger partial charge in [0.1, 0.15) is 0 Å². The number of carbonyl (C=O) groups is 2. The molecule has 0 fully saturated rings. The van der Waals surface area contributed by atoms with Gasteiger partial charge in [-0.2, -0.15) is 0 Å². The average molecular weight is 269 g/mol. The standard InChI is InChI=1S/C15H11NO2S/c16-15(18)10-5-6-11-12(17)7-9-3-1-2-4-13(9)19-14(11)8-10/h1-6,8H,7H2,(H2,16,18). The van der Waals surface area contributed by atoms with Crippen LogP contribution in [0.3, 0.4) is 0 Å². The van der Waals surface area contributed by atoms with Gasteiger partial charge in [-0.3, -0.25) is 9.59 Å². The predicted molar refractivity (Wildman–Crippen MR) is 73.6 cm³/mol. The zero-order valence-corrected chi connectivity index (χ0v) is 10.9. The number of nitrogens with two attached hydrogens (primary N) is 1. The molecule has 0 atom stereocenters. The van der Waals surface area contributed by atoms with E-state index in [9.17, 15) is 9.59 Å². The summed E-state index contributed by atoms with van der Waals surface area (Å²) < 4.78 is 0. The quantitative estimate of drug-likeness (QED) is 0.865. The average Bonchev–Trinajstić information content (AvgIpc) is 2.54. The summed E-state index contributed by atoms with van der Waals surface area (Å²) in [5.74, 6) is -0.406. The molecule has 0 saturated carbocycles. The molecular formula is C15H11NO2S. The molecule has 0 aromatic heterocycles. The third kappa shape index (κ3) is 2.15. The first-order chi connectivity index (χ1) is 9.15. The highest BCUT2D eigenvalue weighted by atomic mass is 32.2. The Morgan fingerprint density at radius 1 is 1.11 bits per heavy atom. The number of carbonyl (C=O) groups excluding carboxylic acids is 2. The van der Waals surface area contributed by atoms with E-state index in [0.717, 1.165) is 15.4 Å². The van der Waals surface area contributed by atoms with Crippen LogP contribution in [0.4, 0.5) is 0 Å². The van der Waals surface area contributed by atoms with Crippen molar-refractivity contribution >= 4 is 23.5 Å². The van der Waals surface area contributed by atoms with Crippen molar-refractivity contribution in [2.75, 3.05) is 0 Å². The third-order valence-corrected chi connectivity index (χ3v) is 4.29. The molecule has 3 rings (SSSR count). The van der Waals surface area contributed by atoms with Crippen LogP contribution in [0.25, 0.3) is 0 Å². The van der Waals surface area contributed by atoms with Gasteiger partial charge in [0.25, 0.3) is 0 Å². The van der Waals surface area contributed by atoms with E-state index in [1.165, 1.54) is 11.8 Å². The maximum atomic E-state index is 12.2. The summed E-state index contributed by atoms with van der Waals surface area (Å²) >= 11 is 1.51. The fourth-order valence-electron chi connectivity index (χ4n) is 2.13. The minimum Gasteiger partial charge on any atom is -0.366 e. The first-order valence-electron chi connectivity index (χ1n) is 5.88. The Morgan fingerprint density at radius 3 is 2.68 bits per heavy atom. The fraction of sp³-hybridized carbons (Fsp3) is 0.0667. The summed E-state index contributed by atoms with van der Waals surface area (Å²) in [7, 11) is 0. The largest absolute Gasteiger partial charge is 0.366 e. The van der Waals surface area contributed by atoms with E-state index < -0.39 is 5.91 Å². The van der Waals surface area contributed by atoms with Crippen molar-refractivity contribution in [1.82, 2.24) is 0 Å². The minimum atomic E-state index is -0.478. The van der Waals surface area contributed by atoms with Crippen molar-refractivity contribution in [3.8, 4) is 0 Å². The summed E-state index contributed by atoms with van der Waals surface area (Å²) in [6.07, 6.45) is 0.395. The maximum Gasteiger partial charge on any atom is 0.248 e. The molecule has 3 nitrogen and oxygen atoms in total. The highest BCUT2D eigenvalue weighted by Gasteiger charge is 2.20. The summed E-state index contributed by atoms with van der Waals surface area (Å²) in [5, 5.41) is 0. The number of Topliss-reactive ketones (excluding diaryl/α,β-unsaturated/α-hetero) is 1. The summed E-state index contributed by atoms with van der Waals surface area (Å²) in [6.45, 7) is 0. The Kier molecular flexibility index (Phi) is 2.87. The van der Waals surface area contributed by atoms with Crippen LogP contribution in [0.2, 0.25) is 0 Å². The molecule has 0 spiro atoms. The molecule has 2 N–H and O–H groups in total. The summed E-state index contributed by atoms with van der Waals surface area (Å²) in [4.78, 5) is 25.3. The molecule has 0 saturated heterocycles. The first kappa shape index (κ1) is 12.0. The zero-order chi connectivity index (χ0) is 13.4. The maximum absolute atomic E-state index is 12.2. The molecule has 2 aromatic rings. The second kappa shape index (κ2) is 4.55. The van der Waals surface area contributed by atoms with Crippen LogP contribution in [0, 0.1) is 0 Å². The SMILES string of the molecule is NC(=O)c1ccc2c(c1)Sc1ccccc1CC2=O. The van der Waals surface area contributed by atoms with Gasteiger partial charge in [-0.05, 0) is 29.8 Å². The van der Waals surface area contributed by atoms with Crippen LogP contribution in [-0.4, -0.2) is 11.7 Å². The number of rotatable bonds is 1. The molecule has 0 bridgehead atoms. The second-order valence-electron chi connectivity index (χ2n) is 4.38. The van der Waals surface area contributed by atoms with Crippen LogP contribution >= 0.6 is 11.8 Å². The van der Waals surface area contributed by atoms with Gasteiger partial charge in [-0.15, -0.1) is 0 Å². The van der Waals surface area contributed by atoms with Crippen LogP contribution < -0.4 is 5.73 Å². The smallest absolute Gasteiger partial charge is 0.248 e. The topological polar surface area (TPSA) is 60.2 Å². The Bertz CT molecular complexity index is 694. The van der Waals surface area contributed by atoms with Gasteiger partial charge in [0.05, 0.1) is 0 Å². The highest BCUT2D eigenvalue weighted by molar-refractivity contribution is 7.99. The van der Waals surface area contributed by atoms with Gasteiger partial charge in [0.2, 0.25) is 5.91 Å². The first-order valence-corrected chi connectivity index (χ1v) is 6.69. The molecule has 94 valence electrons. The molecule has 0 radical (unpaired) electrons. The molecule has 1 heterocycles. The van der Waals surface area contributed by atoms with Crippen LogP contribution in [-0.2, 0) is 6.42 Å². The van der Waals surface area contributed by atoms with Crippen molar-refractivity contribution in [1.29, 1.82) is 0 Å². The van der Waals surface area contributed by atoms with E-state index in [1.807, 2.05) is 24.3 Å². The molecule has 1 amide bonds. The summed E-state index contributed by atoms with van der Waals surface area (Å²) in [6, 6.07) is 12.8. The van der Waals surface area contributed by atoms with E-state index in [2.05, 4.69) is 0 Å². The van der Waals surface area contributed by atoms with Crippen LogP contribution in [0.15, 0.2) is 52.3 Å². The molecule has 0 aliphatic carbocycles. The lowest BCUT2D eigenvalue weighted by atomic mass is 10.0. The normalized spacial score (nSPS) is 13.4. The number of primary amides is 1. The number of benzene rings is 2. The molecule has 0 unspecified atom stereocenters. The molecule has 1 aliphatic rings. The molecular weight excluding hydrogens is 258 g/mol. The zero-order valence-electron chi connectivity index (χ0n) is 10.1. The molecule has 4 heteroatoms. The predicted octanol–water partition coefficient (Wildman–Crippen LogP) is 2.68. The summed E-state index contributed by atoms with van der Waals surface area (Å²) in [5.41, 5.74) is 7.39. The van der Waals surface area contributed by atoms with Crippen molar-refractivity contribution in [2.24, 2.45) is 5.73 Å². The monoisotopic (exact) mass is 269 g/mol. The Hall–Kier alpha value is -2.07. The van der Waals surface area contributed by atoms with Gasteiger partial charge in [0, 0.05) is 27.3 Å². The number of fused-ring (bicyclic) bond motifs is 2. The number of ketones is 1. The van der Waals surface area contributed by atoms with Crippen molar-refractivity contribution in [3.05, 3.63) is 59.2 Å². The van der Waals surface area contributed by atoms with Gasteiger partial charge >= 0.3 is 0 Å². The molecule has 2 aromatic carbocycles. The van der Waals surface area contributed by atoms with Crippen molar-refractivity contribution < 1.29 is 9.59 Å². The number of amides is 1. The molecule has 19 heavy (non-hydrogen) atoms. The number of hydrogen-bond donors (Lipinski definition) is 1. The van der Waals surface area contributed by atoms with E-state index in [0.29, 0.717) is 17.5 Å². The Morgan fingerprint density at radius 2 is 1.89 bits per heavy atom. The van der Waals surface area contributed by atoms with Gasteiger partial charge < -0.3 is 5.73 Å².